The molecule has 0 spiro atoms. The first-order valence-electron chi connectivity index (χ1n) is 7.86. The molecule has 0 radical (unpaired) electrons. The number of aromatic nitrogens is 3. The zero-order valence-corrected chi connectivity index (χ0v) is 15.7. The standard InChI is InChI=1S/C18H20N4O2S/c1-10-8-11(2)22(21-10)15-7-6-14(9-16(15)24-5)20-18(23)17-12(3)25-13(4)19-17/h6-9H,1-5H3,(H,20,23). The number of anilines is 1. The summed E-state index contributed by atoms with van der Waals surface area (Å²) in [5.74, 6) is 0.415. The summed E-state index contributed by atoms with van der Waals surface area (Å²) in [7, 11) is 1.60. The molecule has 1 N–H and O–H groups in total. The third-order valence-electron chi connectivity index (χ3n) is 3.79. The van der Waals surface area contributed by atoms with Crippen LogP contribution in [0.1, 0.15) is 31.8 Å². The summed E-state index contributed by atoms with van der Waals surface area (Å²) in [6.45, 7) is 7.72. The van der Waals surface area contributed by atoms with Crippen molar-refractivity contribution in [2.24, 2.45) is 0 Å². The van der Waals surface area contributed by atoms with Gasteiger partial charge in [-0.05, 0) is 45.9 Å². The van der Waals surface area contributed by atoms with Crippen molar-refractivity contribution in [1.29, 1.82) is 0 Å². The van der Waals surface area contributed by atoms with Crippen LogP contribution < -0.4 is 10.1 Å². The van der Waals surface area contributed by atoms with Crippen molar-refractivity contribution in [2.45, 2.75) is 27.7 Å². The fraction of sp³-hybridized carbons (Fsp3) is 0.278. The number of carbonyl (C=O) groups is 1. The molecule has 3 rings (SSSR count). The van der Waals surface area contributed by atoms with Crippen LogP contribution >= 0.6 is 11.3 Å². The first-order valence-corrected chi connectivity index (χ1v) is 8.67. The van der Waals surface area contributed by atoms with Crippen LogP contribution in [0.25, 0.3) is 5.69 Å². The zero-order chi connectivity index (χ0) is 18.1. The number of hydrogen-bond donors (Lipinski definition) is 1. The van der Waals surface area contributed by atoms with Crippen molar-refractivity contribution in [1.82, 2.24) is 14.8 Å². The molecule has 2 aromatic heterocycles. The number of carbonyl (C=O) groups excluding carboxylic acids is 1. The van der Waals surface area contributed by atoms with E-state index in [-0.39, 0.29) is 5.91 Å². The van der Waals surface area contributed by atoms with Gasteiger partial charge in [-0.15, -0.1) is 11.3 Å². The van der Waals surface area contributed by atoms with E-state index in [1.165, 1.54) is 11.3 Å². The first kappa shape index (κ1) is 17.2. The predicted molar refractivity (Wildman–Crippen MR) is 99.1 cm³/mol. The average molecular weight is 356 g/mol. The molecule has 0 unspecified atom stereocenters. The first-order chi connectivity index (χ1) is 11.9. The Morgan fingerprint density at radius 2 is 1.96 bits per heavy atom. The number of amides is 1. The van der Waals surface area contributed by atoms with Crippen LogP contribution in [0.5, 0.6) is 5.75 Å². The fourth-order valence-corrected chi connectivity index (χ4v) is 3.55. The topological polar surface area (TPSA) is 69.0 Å². The van der Waals surface area contributed by atoms with Gasteiger partial charge in [0, 0.05) is 22.3 Å². The summed E-state index contributed by atoms with van der Waals surface area (Å²) in [6, 6.07) is 7.51. The molecule has 3 aromatic rings. The summed E-state index contributed by atoms with van der Waals surface area (Å²) in [5, 5.41) is 8.24. The van der Waals surface area contributed by atoms with E-state index in [1.54, 1.807) is 13.2 Å². The van der Waals surface area contributed by atoms with Crippen LogP contribution in [0.15, 0.2) is 24.3 Å². The normalized spacial score (nSPS) is 10.8. The van der Waals surface area contributed by atoms with E-state index in [1.807, 2.05) is 50.6 Å². The van der Waals surface area contributed by atoms with E-state index in [2.05, 4.69) is 15.4 Å². The number of rotatable bonds is 4. The Morgan fingerprint density at radius 1 is 1.20 bits per heavy atom. The Morgan fingerprint density at radius 3 is 2.52 bits per heavy atom. The third-order valence-corrected chi connectivity index (χ3v) is 4.68. The van der Waals surface area contributed by atoms with Crippen LogP contribution in [0.2, 0.25) is 0 Å². The van der Waals surface area contributed by atoms with Gasteiger partial charge in [0.05, 0.1) is 17.8 Å². The van der Waals surface area contributed by atoms with Gasteiger partial charge in [-0.1, -0.05) is 0 Å². The minimum atomic E-state index is -0.220. The average Bonchev–Trinajstić information content (AvgIpc) is 3.07. The van der Waals surface area contributed by atoms with Crippen LogP contribution in [-0.2, 0) is 0 Å². The molecule has 0 saturated heterocycles. The SMILES string of the molecule is COc1cc(NC(=O)c2nc(C)sc2C)ccc1-n1nc(C)cc1C. The number of benzene rings is 1. The van der Waals surface area contributed by atoms with Gasteiger partial charge in [0.2, 0.25) is 0 Å². The van der Waals surface area contributed by atoms with Gasteiger partial charge < -0.3 is 10.1 Å². The van der Waals surface area contributed by atoms with Crippen molar-refractivity contribution < 1.29 is 9.53 Å². The third kappa shape index (κ3) is 3.41. The highest BCUT2D eigenvalue weighted by atomic mass is 32.1. The van der Waals surface area contributed by atoms with E-state index in [0.717, 1.165) is 27.0 Å². The van der Waals surface area contributed by atoms with E-state index in [9.17, 15) is 4.79 Å². The highest BCUT2D eigenvalue weighted by molar-refractivity contribution is 7.11. The highest BCUT2D eigenvalue weighted by Crippen LogP contribution is 2.28. The smallest absolute Gasteiger partial charge is 0.275 e. The van der Waals surface area contributed by atoms with Gasteiger partial charge in [0.15, 0.2) is 0 Å². The van der Waals surface area contributed by atoms with Gasteiger partial charge in [0.1, 0.15) is 17.1 Å². The molecule has 0 saturated carbocycles. The lowest BCUT2D eigenvalue weighted by atomic mass is 10.2. The molecule has 6 nitrogen and oxygen atoms in total. The Kier molecular flexibility index (Phi) is 4.59. The largest absolute Gasteiger partial charge is 0.494 e. The Balaban J connectivity index is 1.90. The monoisotopic (exact) mass is 356 g/mol. The Hall–Kier alpha value is -2.67. The summed E-state index contributed by atoms with van der Waals surface area (Å²) < 4.78 is 7.32. The lowest BCUT2D eigenvalue weighted by molar-refractivity contribution is 0.102. The summed E-state index contributed by atoms with van der Waals surface area (Å²) in [5.41, 5.74) is 3.89. The van der Waals surface area contributed by atoms with Crippen LogP contribution in [0.3, 0.4) is 0 Å². The molecular formula is C18H20N4O2S. The number of methoxy groups -OCH3 is 1. The summed E-state index contributed by atoms with van der Waals surface area (Å²) in [4.78, 5) is 17.6. The lowest BCUT2D eigenvalue weighted by Gasteiger charge is -2.12. The van der Waals surface area contributed by atoms with Crippen molar-refractivity contribution in [3.63, 3.8) is 0 Å². The molecule has 2 heterocycles. The summed E-state index contributed by atoms with van der Waals surface area (Å²) in [6.07, 6.45) is 0. The zero-order valence-electron chi connectivity index (χ0n) is 14.9. The molecule has 1 amide bonds. The maximum atomic E-state index is 12.4. The maximum absolute atomic E-state index is 12.4. The molecular weight excluding hydrogens is 336 g/mol. The van der Waals surface area contributed by atoms with Gasteiger partial charge in [-0.25, -0.2) is 9.67 Å². The van der Waals surface area contributed by atoms with Crippen LogP contribution in [-0.4, -0.2) is 27.8 Å². The van der Waals surface area contributed by atoms with Crippen molar-refractivity contribution >= 4 is 22.9 Å². The number of nitrogens with zero attached hydrogens (tertiary/aromatic N) is 3. The molecule has 0 aliphatic carbocycles. The van der Waals surface area contributed by atoms with E-state index in [0.29, 0.717) is 17.1 Å². The molecule has 1 aromatic carbocycles. The molecule has 25 heavy (non-hydrogen) atoms. The van der Waals surface area contributed by atoms with E-state index >= 15 is 0 Å². The number of hydrogen-bond acceptors (Lipinski definition) is 5. The molecule has 7 heteroatoms. The predicted octanol–water partition coefficient (Wildman–Crippen LogP) is 3.82. The van der Waals surface area contributed by atoms with E-state index in [4.69, 9.17) is 4.74 Å². The van der Waals surface area contributed by atoms with Crippen molar-refractivity contribution in [3.8, 4) is 11.4 Å². The number of thiazole rings is 1. The Bertz CT molecular complexity index is 943. The Labute approximate surface area is 150 Å². The second-order valence-corrected chi connectivity index (χ2v) is 7.22. The van der Waals surface area contributed by atoms with Gasteiger partial charge >= 0.3 is 0 Å². The van der Waals surface area contributed by atoms with Gasteiger partial charge in [-0.2, -0.15) is 5.10 Å². The van der Waals surface area contributed by atoms with E-state index < -0.39 is 0 Å². The number of aryl methyl sites for hydroxylation is 4. The lowest BCUT2D eigenvalue weighted by Crippen LogP contribution is -2.14. The minimum absolute atomic E-state index is 0.220. The van der Waals surface area contributed by atoms with Crippen molar-refractivity contribution in [3.05, 3.63) is 51.2 Å². The maximum Gasteiger partial charge on any atom is 0.275 e. The second kappa shape index (κ2) is 6.68. The quantitative estimate of drug-likeness (QED) is 0.771. The van der Waals surface area contributed by atoms with Gasteiger partial charge in [-0.3, -0.25) is 4.79 Å². The molecule has 0 fully saturated rings. The molecule has 0 bridgehead atoms. The van der Waals surface area contributed by atoms with Crippen molar-refractivity contribution in [2.75, 3.05) is 12.4 Å². The number of ether oxygens (including phenoxy) is 1. The summed E-state index contributed by atoms with van der Waals surface area (Å²) >= 11 is 1.51. The molecule has 130 valence electrons. The highest BCUT2D eigenvalue weighted by Gasteiger charge is 2.16. The van der Waals surface area contributed by atoms with Gasteiger partial charge in [0.25, 0.3) is 5.91 Å². The minimum Gasteiger partial charge on any atom is -0.494 e. The van der Waals surface area contributed by atoms with Crippen LogP contribution in [0.4, 0.5) is 5.69 Å². The second-order valence-electron chi connectivity index (χ2n) is 5.82. The van der Waals surface area contributed by atoms with Crippen LogP contribution in [0, 0.1) is 27.7 Å². The molecule has 0 aliphatic heterocycles. The molecule has 0 atom stereocenters. The number of nitrogens with one attached hydrogen (secondary N) is 1. The molecule has 0 aliphatic rings. The fourth-order valence-electron chi connectivity index (χ4n) is 2.73.